The molecule has 0 heterocycles. The Hall–Kier alpha value is -1.95. The first-order chi connectivity index (χ1) is 7.41. The molecule has 0 saturated heterocycles. The van der Waals surface area contributed by atoms with E-state index in [0.29, 0.717) is 0 Å². The van der Waals surface area contributed by atoms with Crippen molar-refractivity contribution in [1.29, 1.82) is 0 Å². The van der Waals surface area contributed by atoms with Gasteiger partial charge in [0.1, 0.15) is 5.02 Å². The summed E-state index contributed by atoms with van der Waals surface area (Å²) in [5, 5.41) is 12.5. The van der Waals surface area contributed by atoms with E-state index in [1.54, 1.807) is 0 Å². The van der Waals surface area contributed by atoms with Crippen LogP contribution in [0.4, 0.5) is 5.69 Å². The smallest absolute Gasteiger partial charge is 0.288 e. The molecule has 0 aromatic heterocycles. The molecule has 7 heteroatoms. The number of nitro groups is 1. The second kappa shape index (κ2) is 4.71. The van der Waals surface area contributed by atoms with Gasteiger partial charge in [0, 0.05) is 18.6 Å². The van der Waals surface area contributed by atoms with Gasteiger partial charge in [-0.3, -0.25) is 25.0 Å². The third-order valence-corrected chi connectivity index (χ3v) is 2.01. The van der Waals surface area contributed by atoms with E-state index >= 15 is 0 Å². The lowest BCUT2D eigenvalue weighted by atomic mass is 10.2. The van der Waals surface area contributed by atoms with Crippen molar-refractivity contribution in [2.45, 2.75) is 6.92 Å². The lowest BCUT2D eigenvalue weighted by Gasteiger charge is -2.01. The van der Waals surface area contributed by atoms with Gasteiger partial charge in [0.15, 0.2) is 0 Å². The van der Waals surface area contributed by atoms with E-state index in [-0.39, 0.29) is 16.3 Å². The summed E-state index contributed by atoms with van der Waals surface area (Å²) in [5.41, 5.74) is -0.371. The molecule has 0 atom stereocenters. The van der Waals surface area contributed by atoms with Crippen LogP contribution in [-0.2, 0) is 4.79 Å². The Morgan fingerprint density at radius 1 is 1.44 bits per heavy atom. The highest BCUT2D eigenvalue weighted by atomic mass is 35.5. The molecule has 0 aliphatic rings. The van der Waals surface area contributed by atoms with Gasteiger partial charge >= 0.3 is 0 Å². The lowest BCUT2D eigenvalue weighted by molar-refractivity contribution is -0.384. The summed E-state index contributed by atoms with van der Waals surface area (Å²) >= 11 is 5.56. The van der Waals surface area contributed by atoms with Gasteiger partial charge in [-0.2, -0.15) is 0 Å². The van der Waals surface area contributed by atoms with E-state index in [1.807, 2.05) is 5.32 Å². The zero-order valence-corrected chi connectivity index (χ0v) is 8.95. The van der Waals surface area contributed by atoms with Crippen molar-refractivity contribution >= 4 is 29.1 Å². The molecule has 0 aliphatic carbocycles. The molecular formula is C9H7ClN2O4. The maximum Gasteiger partial charge on any atom is 0.288 e. The second-order valence-corrected chi connectivity index (χ2v) is 3.34. The van der Waals surface area contributed by atoms with Gasteiger partial charge < -0.3 is 0 Å². The molecule has 6 nitrogen and oxygen atoms in total. The minimum atomic E-state index is -0.702. The molecule has 84 valence electrons. The van der Waals surface area contributed by atoms with E-state index in [0.717, 1.165) is 6.07 Å². The Balaban J connectivity index is 3.08. The highest BCUT2D eigenvalue weighted by Crippen LogP contribution is 2.24. The highest BCUT2D eigenvalue weighted by Gasteiger charge is 2.16. The SMILES string of the molecule is CC(=O)NC(=O)c1ccc(Cl)c([N+](=O)[O-])c1. The molecular weight excluding hydrogens is 236 g/mol. The number of imide groups is 1. The first-order valence-corrected chi connectivity index (χ1v) is 4.55. The summed E-state index contributed by atoms with van der Waals surface area (Å²) < 4.78 is 0. The number of rotatable bonds is 2. The average Bonchev–Trinajstić information content (AvgIpc) is 2.16. The summed E-state index contributed by atoms with van der Waals surface area (Å²) in [6.45, 7) is 1.17. The number of carbonyl (C=O) groups is 2. The quantitative estimate of drug-likeness (QED) is 0.629. The Morgan fingerprint density at radius 3 is 2.56 bits per heavy atom. The molecule has 0 bridgehead atoms. The standard InChI is InChI=1S/C9H7ClN2O4/c1-5(13)11-9(14)6-2-3-7(10)8(4-6)12(15)16/h2-4H,1H3,(H,11,13,14). The molecule has 1 N–H and O–H groups in total. The van der Waals surface area contributed by atoms with Crippen LogP contribution in [-0.4, -0.2) is 16.7 Å². The summed E-state index contributed by atoms with van der Waals surface area (Å²) in [5.74, 6) is -1.24. The molecule has 1 aromatic carbocycles. The first-order valence-electron chi connectivity index (χ1n) is 4.17. The largest absolute Gasteiger partial charge is 0.293 e. The zero-order valence-electron chi connectivity index (χ0n) is 8.19. The van der Waals surface area contributed by atoms with E-state index in [9.17, 15) is 19.7 Å². The molecule has 0 radical (unpaired) electrons. The minimum Gasteiger partial charge on any atom is -0.293 e. The molecule has 16 heavy (non-hydrogen) atoms. The van der Waals surface area contributed by atoms with Crippen LogP contribution < -0.4 is 5.32 Å². The van der Waals surface area contributed by atoms with Crippen LogP contribution in [0.1, 0.15) is 17.3 Å². The van der Waals surface area contributed by atoms with Crippen LogP contribution in [0.25, 0.3) is 0 Å². The number of halogens is 1. The molecule has 0 spiro atoms. The molecule has 1 rings (SSSR count). The number of amides is 2. The van der Waals surface area contributed by atoms with Crippen LogP contribution in [0, 0.1) is 10.1 Å². The molecule has 0 unspecified atom stereocenters. The predicted molar refractivity (Wildman–Crippen MR) is 56.3 cm³/mol. The topological polar surface area (TPSA) is 89.3 Å². The number of nitrogens with one attached hydrogen (secondary N) is 1. The van der Waals surface area contributed by atoms with E-state index in [2.05, 4.69) is 0 Å². The van der Waals surface area contributed by atoms with Crippen molar-refractivity contribution in [2.75, 3.05) is 0 Å². The van der Waals surface area contributed by atoms with Gasteiger partial charge in [-0.15, -0.1) is 0 Å². The fraction of sp³-hybridized carbons (Fsp3) is 0.111. The maximum atomic E-state index is 11.3. The Morgan fingerprint density at radius 2 is 2.06 bits per heavy atom. The van der Waals surface area contributed by atoms with E-state index in [1.165, 1.54) is 19.1 Å². The Kier molecular flexibility index (Phi) is 3.57. The van der Waals surface area contributed by atoms with Crippen molar-refractivity contribution in [2.24, 2.45) is 0 Å². The number of benzene rings is 1. The average molecular weight is 243 g/mol. The van der Waals surface area contributed by atoms with Crippen LogP contribution in [0.3, 0.4) is 0 Å². The van der Waals surface area contributed by atoms with E-state index < -0.39 is 16.7 Å². The van der Waals surface area contributed by atoms with Gasteiger partial charge in [-0.05, 0) is 12.1 Å². The fourth-order valence-electron chi connectivity index (χ4n) is 1.03. The Bertz CT molecular complexity index is 473. The van der Waals surface area contributed by atoms with Gasteiger partial charge in [-0.1, -0.05) is 11.6 Å². The number of nitro benzene ring substituents is 1. The van der Waals surface area contributed by atoms with Gasteiger partial charge in [0.05, 0.1) is 4.92 Å². The molecule has 0 fully saturated rings. The summed E-state index contributed by atoms with van der Waals surface area (Å²) in [7, 11) is 0. The van der Waals surface area contributed by atoms with Crippen molar-refractivity contribution in [3.8, 4) is 0 Å². The predicted octanol–water partition coefficient (Wildman–Crippen LogP) is 1.52. The molecule has 2 amide bonds. The lowest BCUT2D eigenvalue weighted by Crippen LogP contribution is -2.27. The number of hydrogen-bond donors (Lipinski definition) is 1. The van der Waals surface area contributed by atoms with Crippen molar-refractivity contribution in [1.82, 2.24) is 5.32 Å². The third kappa shape index (κ3) is 2.77. The normalized spacial score (nSPS) is 9.62. The summed E-state index contributed by atoms with van der Waals surface area (Å²) in [4.78, 5) is 31.8. The van der Waals surface area contributed by atoms with Crippen LogP contribution >= 0.6 is 11.6 Å². The van der Waals surface area contributed by atoms with Crippen LogP contribution in [0.2, 0.25) is 5.02 Å². The zero-order chi connectivity index (χ0) is 12.3. The molecule has 1 aromatic rings. The summed E-state index contributed by atoms with van der Waals surface area (Å²) in [6, 6.07) is 3.54. The van der Waals surface area contributed by atoms with Crippen LogP contribution in [0.15, 0.2) is 18.2 Å². The van der Waals surface area contributed by atoms with E-state index in [4.69, 9.17) is 11.6 Å². The number of hydrogen-bond acceptors (Lipinski definition) is 4. The molecule has 0 saturated carbocycles. The molecule has 0 aliphatic heterocycles. The second-order valence-electron chi connectivity index (χ2n) is 2.93. The first kappa shape index (κ1) is 12.1. The third-order valence-electron chi connectivity index (χ3n) is 1.69. The van der Waals surface area contributed by atoms with Crippen molar-refractivity contribution in [3.05, 3.63) is 38.9 Å². The number of nitrogens with zero attached hydrogens (tertiary/aromatic N) is 1. The Labute approximate surface area is 95.4 Å². The van der Waals surface area contributed by atoms with Crippen LogP contribution in [0.5, 0.6) is 0 Å². The fourth-order valence-corrected chi connectivity index (χ4v) is 1.21. The van der Waals surface area contributed by atoms with Crippen molar-refractivity contribution in [3.63, 3.8) is 0 Å². The number of carbonyl (C=O) groups excluding carboxylic acids is 2. The van der Waals surface area contributed by atoms with Gasteiger partial charge in [0.25, 0.3) is 11.6 Å². The van der Waals surface area contributed by atoms with Crippen molar-refractivity contribution < 1.29 is 14.5 Å². The van der Waals surface area contributed by atoms with Gasteiger partial charge in [0.2, 0.25) is 5.91 Å². The minimum absolute atomic E-state index is 0.00583. The highest BCUT2D eigenvalue weighted by molar-refractivity contribution is 6.32. The maximum absolute atomic E-state index is 11.3. The van der Waals surface area contributed by atoms with Gasteiger partial charge in [-0.25, -0.2) is 0 Å². The monoisotopic (exact) mass is 242 g/mol. The summed E-state index contributed by atoms with van der Waals surface area (Å²) in [6.07, 6.45) is 0.